The molecular formula is C15H25N3O3S. The first-order valence-electron chi connectivity index (χ1n) is 7.40. The molecule has 0 saturated carbocycles. The average molecular weight is 327 g/mol. The summed E-state index contributed by atoms with van der Waals surface area (Å²) in [5.41, 5.74) is 2.24. The topological polar surface area (TPSA) is 61.9 Å². The third kappa shape index (κ3) is 4.95. The van der Waals surface area contributed by atoms with E-state index in [1.165, 1.54) is 6.26 Å². The Bertz CT molecular complexity index is 566. The largest absolute Gasteiger partial charge is 0.379 e. The van der Waals surface area contributed by atoms with E-state index in [9.17, 15) is 8.42 Å². The van der Waals surface area contributed by atoms with Gasteiger partial charge in [0.05, 0.1) is 19.5 Å². The summed E-state index contributed by atoms with van der Waals surface area (Å²) in [4.78, 5) is 4.31. The first-order chi connectivity index (χ1) is 10.4. The molecule has 1 N–H and O–H groups in total. The Balaban J connectivity index is 2.18. The van der Waals surface area contributed by atoms with Crippen molar-refractivity contribution in [2.45, 2.75) is 6.04 Å². The van der Waals surface area contributed by atoms with Gasteiger partial charge in [0.15, 0.2) is 0 Å². The normalized spacial score (nSPS) is 18.1. The standard InChI is InChI=1S/C15H25N3O3S/c1-17(2)14-6-4-13(5-7-14)15(12-16-22(3,19)20)18-8-10-21-11-9-18/h4-7,15-16H,8-12H2,1-3H3/t15-/m0/s1. The zero-order chi connectivity index (χ0) is 16.2. The molecule has 1 saturated heterocycles. The molecule has 1 aromatic rings. The van der Waals surface area contributed by atoms with E-state index in [1.54, 1.807) is 0 Å². The predicted molar refractivity (Wildman–Crippen MR) is 88.7 cm³/mol. The Morgan fingerprint density at radius 3 is 2.32 bits per heavy atom. The summed E-state index contributed by atoms with van der Waals surface area (Å²) in [6.07, 6.45) is 1.19. The third-order valence-electron chi connectivity index (χ3n) is 3.82. The molecule has 0 aromatic heterocycles. The van der Waals surface area contributed by atoms with Crippen LogP contribution in [0.25, 0.3) is 0 Å². The second-order valence-electron chi connectivity index (χ2n) is 5.77. The number of nitrogens with zero attached hydrogens (tertiary/aromatic N) is 2. The fraction of sp³-hybridized carbons (Fsp3) is 0.600. The molecule has 1 heterocycles. The van der Waals surface area contributed by atoms with Gasteiger partial charge in [0.2, 0.25) is 10.0 Å². The van der Waals surface area contributed by atoms with Gasteiger partial charge in [-0.25, -0.2) is 13.1 Å². The fourth-order valence-corrected chi connectivity index (χ4v) is 3.03. The second kappa shape index (κ2) is 7.41. The number of hydrogen-bond acceptors (Lipinski definition) is 5. The molecule has 0 unspecified atom stereocenters. The van der Waals surface area contributed by atoms with Gasteiger partial charge in [-0.1, -0.05) is 12.1 Å². The minimum absolute atomic E-state index is 0.0230. The molecule has 0 spiro atoms. The SMILES string of the molecule is CN(C)c1ccc([C@H](CNS(C)(=O)=O)N2CCOCC2)cc1. The van der Waals surface area contributed by atoms with Crippen LogP contribution < -0.4 is 9.62 Å². The number of morpholine rings is 1. The molecular weight excluding hydrogens is 302 g/mol. The molecule has 6 nitrogen and oxygen atoms in total. The molecule has 22 heavy (non-hydrogen) atoms. The van der Waals surface area contributed by atoms with E-state index in [2.05, 4.69) is 33.9 Å². The Kier molecular flexibility index (Phi) is 5.80. The van der Waals surface area contributed by atoms with E-state index in [1.807, 2.05) is 19.0 Å². The van der Waals surface area contributed by atoms with Crippen molar-refractivity contribution in [3.8, 4) is 0 Å². The number of ether oxygens (including phenoxy) is 1. The molecule has 1 fully saturated rings. The number of hydrogen-bond donors (Lipinski definition) is 1. The summed E-state index contributed by atoms with van der Waals surface area (Å²) < 4.78 is 30.9. The lowest BCUT2D eigenvalue weighted by atomic mass is 10.0. The fourth-order valence-electron chi connectivity index (χ4n) is 2.57. The van der Waals surface area contributed by atoms with Crippen molar-refractivity contribution in [1.29, 1.82) is 0 Å². The Morgan fingerprint density at radius 2 is 1.82 bits per heavy atom. The lowest BCUT2D eigenvalue weighted by Gasteiger charge is -2.35. The Morgan fingerprint density at radius 1 is 1.23 bits per heavy atom. The summed E-state index contributed by atoms with van der Waals surface area (Å²) in [5.74, 6) is 0. The van der Waals surface area contributed by atoms with E-state index < -0.39 is 10.0 Å². The third-order valence-corrected chi connectivity index (χ3v) is 4.51. The van der Waals surface area contributed by atoms with E-state index in [0.29, 0.717) is 19.8 Å². The molecule has 0 amide bonds. The van der Waals surface area contributed by atoms with Crippen molar-refractivity contribution in [2.75, 3.05) is 58.1 Å². The number of sulfonamides is 1. The van der Waals surface area contributed by atoms with Crippen LogP contribution in [-0.4, -0.2) is 66.5 Å². The number of anilines is 1. The number of nitrogens with one attached hydrogen (secondary N) is 1. The van der Waals surface area contributed by atoms with Gasteiger partial charge in [-0.05, 0) is 17.7 Å². The van der Waals surface area contributed by atoms with Crippen LogP contribution in [0.2, 0.25) is 0 Å². The van der Waals surface area contributed by atoms with Crippen LogP contribution in [0.15, 0.2) is 24.3 Å². The monoisotopic (exact) mass is 327 g/mol. The molecule has 1 aromatic carbocycles. The summed E-state index contributed by atoms with van der Waals surface area (Å²) in [6.45, 7) is 3.37. The molecule has 1 atom stereocenters. The van der Waals surface area contributed by atoms with Crippen molar-refractivity contribution in [3.05, 3.63) is 29.8 Å². The Labute approximate surface area is 133 Å². The molecule has 1 aliphatic rings. The maximum atomic E-state index is 11.4. The molecule has 1 aliphatic heterocycles. The van der Waals surface area contributed by atoms with E-state index >= 15 is 0 Å². The van der Waals surface area contributed by atoms with Crippen LogP contribution in [0.1, 0.15) is 11.6 Å². The van der Waals surface area contributed by atoms with Gasteiger partial charge in [0, 0.05) is 45.5 Å². The van der Waals surface area contributed by atoms with Crippen LogP contribution in [0.4, 0.5) is 5.69 Å². The van der Waals surface area contributed by atoms with Crippen LogP contribution in [0.3, 0.4) is 0 Å². The van der Waals surface area contributed by atoms with Crippen molar-refractivity contribution in [1.82, 2.24) is 9.62 Å². The first kappa shape index (κ1) is 17.2. The zero-order valence-electron chi connectivity index (χ0n) is 13.4. The minimum atomic E-state index is -3.20. The minimum Gasteiger partial charge on any atom is -0.379 e. The predicted octanol–water partition coefficient (Wildman–Crippen LogP) is 0.675. The Hall–Kier alpha value is -1.15. The van der Waals surface area contributed by atoms with Crippen LogP contribution in [0, 0.1) is 0 Å². The number of rotatable bonds is 6. The van der Waals surface area contributed by atoms with Gasteiger partial charge in [0.25, 0.3) is 0 Å². The summed E-state index contributed by atoms with van der Waals surface area (Å²) in [6, 6.07) is 8.28. The molecule has 2 rings (SSSR count). The highest BCUT2D eigenvalue weighted by Crippen LogP contribution is 2.23. The molecule has 0 aliphatic carbocycles. The second-order valence-corrected chi connectivity index (χ2v) is 7.60. The molecule has 7 heteroatoms. The van der Waals surface area contributed by atoms with Gasteiger partial charge in [-0.2, -0.15) is 0 Å². The van der Waals surface area contributed by atoms with Crippen molar-refractivity contribution >= 4 is 15.7 Å². The highest BCUT2D eigenvalue weighted by molar-refractivity contribution is 7.88. The molecule has 0 bridgehead atoms. The van der Waals surface area contributed by atoms with Gasteiger partial charge < -0.3 is 9.64 Å². The maximum Gasteiger partial charge on any atom is 0.208 e. The van der Waals surface area contributed by atoms with Crippen LogP contribution >= 0.6 is 0 Å². The van der Waals surface area contributed by atoms with Crippen molar-refractivity contribution < 1.29 is 13.2 Å². The van der Waals surface area contributed by atoms with E-state index in [4.69, 9.17) is 4.74 Å². The summed E-state index contributed by atoms with van der Waals surface area (Å²) in [5, 5.41) is 0. The van der Waals surface area contributed by atoms with Gasteiger partial charge in [-0.3, -0.25) is 4.90 Å². The van der Waals surface area contributed by atoms with E-state index in [0.717, 1.165) is 24.3 Å². The van der Waals surface area contributed by atoms with Crippen LogP contribution in [-0.2, 0) is 14.8 Å². The highest BCUT2D eigenvalue weighted by atomic mass is 32.2. The summed E-state index contributed by atoms with van der Waals surface area (Å²) >= 11 is 0. The van der Waals surface area contributed by atoms with E-state index in [-0.39, 0.29) is 6.04 Å². The smallest absolute Gasteiger partial charge is 0.208 e. The van der Waals surface area contributed by atoms with Crippen LogP contribution in [0.5, 0.6) is 0 Å². The van der Waals surface area contributed by atoms with Crippen molar-refractivity contribution in [3.63, 3.8) is 0 Å². The number of benzene rings is 1. The quantitative estimate of drug-likeness (QED) is 0.832. The maximum absolute atomic E-state index is 11.4. The lowest BCUT2D eigenvalue weighted by Crippen LogP contribution is -2.43. The van der Waals surface area contributed by atoms with Crippen molar-refractivity contribution in [2.24, 2.45) is 0 Å². The average Bonchev–Trinajstić information content (AvgIpc) is 2.48. The summed E-state index contributed by atoms with van der Waals surface area (Å²) in [7, 11) is 0.796. The van der Waals surface area contributed by atoms with Gasteiger partial charge in [-0.15, -0.1) is 0 Å². The lowest BCUT2D eigenvalue weighted by molar-refractivity contribution is 0.0172. The highest BCUT2D eigenvalue weighted by Gasteiger charge is 2.23. The van der Waals surface area contributed by atoms with Gasteiger partial charge >= 0.3 is 0 Å². The van der Waals surface area contributed by atoms with Gasteiger partial charge in [0.1, 0.15) is 0 Å². The molecule has 0 radical (unpaired) electrons. The molecule has 124 valence electrons. The first-order valence-corrected chi connectivity index (χ1v) is 9.30. The zero-order valence-corrected chi connectivity index (χ0v) is 14.3.